The molecule has 0 aromatic carbocycles. The van der Waals surface area contributed by atoms with Crippen LogP contribution in [0.2, 0.25) is 0 Å². The first kappa shape index (κ1) is 17.1. The van der Waals surface area contributed by atoms with Crippen molar-refractivity contribution in [3.8, 4) is 0 Å². The number of piperidine rings is 1. The van der Waals surface area contributed by atoms with E-state index in [4.69, 9.17) is 0 Å². The van der Waals surface area contributed by atoms with Gasteiger partial charge in [0.15, 0.2) is 0 Å². The zero-order valence-corrected chi connectivity index (χ0v) is 13.9. The molecule has 1 saturated heterocycles. The van der Waals surface area contributed by atoms with E-state index in [9.17, 15) is 9.59 Å². The van der Waals surface area contributed by atoms with Gasteiger partial charge in [0, 0.05) is 43.4 Å². The number of nitrogens with one attached hydrogen (secondary N) is 3. The van der Waals surface area contributed by atoms with Gasteiger partial charge in [-0.3, -0.25) is 19.3 Å². The molecule has 8 nitrogen and oxygen atoms in total. The summed E-state index contributed by atoms with van der Waals surface area (Å²) in [4.78, 5) is 28.7. The van der Waals surface area contributed by atoms with Crippen molar-refractivity contribution in [2.24, 2.45) is 0 Å². The molecule has 0 aliphatic carbocycles. The second kappa shape index (κ2) is 7.89. The molecule has 8 heteroatoms. The highest BCUT2D eigenvalue weighted by Gasteiger charge is 2.41. The largest absolute Gasteiger partial charge is 0.353 e. The van der Waals surface area contributed by atoms with Crippen LogP contribution >= 0.6 is 0 Å². The summed E-state index contributed by atoms with van der Waals surface area (Å²) >= 11 is 0. The summed E-state index contributed by atoms with van der Waals surface area (Å²) in [5.41, 5.74) is 0.00811. The number of carbonyl (C=O) groups excluding carboxylic acids is 2. The molecular weight excluding hydrogens is 320 g/mol. The number of pyridine rings is 1. The van der Waals surface area contributed by atoms with E-state index in [2.05, 4.69) is 26.0 Å². The molecule has 2 aromatic rings. The predicted molar refractivity (Wildman–Crippen MR) is 92.8 cm³/mol. The number of anilines is 1. The summed E-state index contributed by atoms with van der Waals surface area (Å²) in [7, 11) is 0. The topological polar surface area (TPSA) is 101 Å². The van der Waals surface area contributed by atoms with Crippen LogP contribution in [0.5, 0.6) is 0 Å². The van der Waals surface area contributed by atoms with E-state index in [1.807, 2.05) is 12.3 Å². The minimum atomic E-state index is -0.684. The average Bonchev–Trinajstić information content (AvgIpc) is 3.18. The number of rotatable bonds is 6. The van der Waals surface area contributed by atoms with Crippen LogP contribution in [0.1, 0.15) is 19.3 Å². The van der Waals surface area contributed by atoms with Crippen molar-refractivity contribution >= 4 is 17.5 Å². The van der Waals surface area contributed by atoms with E-state index < -0.39 is 5.54 Å². The lowest BCUT2D eigenvalue weighted by Gasteiger charge is -2.36. The molecule has 1 aliphatic rings. The highest BCUT2D eigenvalue weighted by Crippen LogP contribution is 2.27. The molecule has 1 aliphatic heterocycles. The molecule has 0 spiro atoms. The Bertz CT molecular complexity index is 695. The van der Waals surface area contributed by atoms with Crippen molar-refractivity contribution in [1.29, 1.82) is 0 Å². The molecule has 0 radical (unpaired) electrons. The minimum absolute atomic E-state index is 0.0885. The molecule has 1 fully saturated rings. The van der Waals surface area contributed by atoms with Gasteiger partial charge in [0.2, 0.25) is 11.8 Å². The van der Waals surface area contributed by atoms with E-state index in [-0.39, 0.29) is 24.8 Å². The SMILES string of the molecule is O=C(CCNC(=O)C1(n2cccn2)CCNCC1)Nc1ccncc1. The van der Waals surface area contributed by atoms with Crippen LogP contribution in [-0.4, -0.2) is 46.2 Å². The van der Waals surface area contributed by atoms with Gasteiger partial charge in [0.05, 0.1) is 0 Å². The maximum Gasteiger partial charge on any atom is 0.248 e. The fourth-order valence-electron chi connectivity index (χ4n) is 3.04. The monoisotopic (exact) mass is 342 g/mol. The smallest absolute Gasteiger partial charge is 0.248 e. The molecule has 0 saturated carbocycles. The Labute approximate surface area is 146 Å². The van der Waals surface area contributed by atoms with Crippen molar-refractivity contribution in [2.45, 2.75) is 24.8 Å². The lowest BCUT2D eigenvalue weighted by molar-refractivity contribution is -0.132. The first-order chi connectivity index (χ1) is 12.2. The van der Waals surface area contributed by atoms with Crippen molar-refractivity contribution in [1.82, 2.24) is 25.4 Å². The summed E-state index contributed by atoms with van der Waals surface area (Å²) in [5, 5.41) is 13.2. The number of nitrogens with zero attached hydrogens (tertiary/aromatic N) is 3. The third-order valence-electron chi connectivity index (χ3n) is 4.40. The number of hydrogen-bond donors (Lipinski definition) is 3. The van der Waals surface area contributed by atoms with Crippen LogP contribution in [0.25, 0.3) is 0 Å². The zero-order valence-electron chi connectivity index (χ0n) is 13.9. The fourth-order valence-corrected chi connectivity index (χ4v) is 3.04. The molecule has 0 unspecified atom stereocenters. The molecule has 0 atom stereocenters. The Balaban J connectivity index is 1.54. The quantitative estimate of drug-likeness (QED) is 0.710. The van der Waals surface area contributed by atoms with Crippen LogP contribution < -0.4 is 16.0 Å². The molecule has 2 aromatic heterocycles. The maximum atomic E-state index is 12.8. The summed E-state index contributed by atoms with van der Waals surface area (Å²) in [6.45, 7) is 1.80. The summed E-state index contributed by atoms with van der Waals surface area (Å²) in [6, 6.07) is 5.26. The lowest BCUT2D eigenvalue weighted by atomic mass is 9.87. The molecule has 3 heterocycles. The van der Waals surface area contributed by atoms with Gasteiger partial charge < -0.3 is 16.0 Å². The molecule has 3 N–H and O–H groups in total. The Morgan fingerprint density at radius 1 is 1.20 bits per heavy atom. The van der Waals surface area contributed by atoms with E-state index in [1.54, 1.807) is 35.4 Å². The summed E-state index contributed by atoms with van der Waals surface area (Å²) in [6.07, 6.45) is 8.28. The summed E-state index contributed by atoms with van der Waals surface area (Å²) < 4.78 is 1.74. The molecule has 2 amide bonds. The Morgan fingerprint density at radius 3 is 2.64 bits per heavy atom. The third kappa shape index (κ3) is 4.03. The number of amides is 2. The second-order valence-electron chi connectivity index (χ2n) is 6.02. The summed E-state index contributed by atoms with van der Waals surface area (Å²) in [5.74, 6) is -0.237. The van der Waals surface area contributed by atoms with Crippen LogP contribution in [0.4, 0.5) is 5.69 Å². The van der Waals surface area contributed by atoms with Gasteiger partial charge in [-0.2, -0.15) is 5.10 Å². The number of carbonyl (C=O) groups is 2. The van der Waals surface area contributed by atoms with Crippen molar-refractivity contribution in [2.75, 3.05) is 25.0 Å². The molecule has 0 bridgehead atoms. The van der Waals surface area contributed by atoms with Gasteiger partial charge in [-0.1, -0.05) is 0 Å². The Morgan fingerprint density at radius 2 is 1.96 bits per heavy atom. The molecule has 25 heavy (non-hydrogen) atoms. The molecule has 3 rings (SSSR count). The minimum Gasteiger partial charge on any atom is -0.353 e. The first-order valence-corrected chi connectivity index (χ1v) is 8.40. The van der Waals surface area contributed by atoms with Crippen LogP contribution in [0.15, 0.2) is 43.0 Å². The van der Waals surface area contributed by atoms with Gasteiger partial charge in [-0.15, -0.1) is 0 Å². The van der Waals surface area contributed by atoms with Gasteiger partial charge in [-0.25, -0.2) is 0 Å². The first-order valence-electron chi connectivity index (χ1n) is 8.40. The van der Waals surface area contributed by atoms with Gasteiger partial charge in [-0.05, 0) is 44.1 Å². The highest BCUT2D eigenvalue weighted by atomic mass is 16.2. The molecular formula is C17H22N6O2. The maximum absolute atomic E-state index is 12.8. The standard InChI is InChI=1S/C17H22N6O2/c24-15(22-14-2-8-18-9-3-14)4-10-20-16(25)17(5-11-19-12-6-17)23-13-1-7-21-23/h1-3,7-9,13,19H,4-6,10-12H2,(H,20,25)(H,18,22,24). The predicted octanol–water partition coefficient (Wildman–Crippen LogP) is 0.502. The van der Waals surface area contributed by atoms with Crippen molar-refractivity contribution in [3.63, 3.8) is 0 Å². The average molecular weight is 342 g/mol. The highest BCUT2D eigenvalue weighted by molar-refractivity contribution is 5.91. The molecule has 132 valence electrons. The van der Waals surface area contributed by atoms with E-state index in [0.29, 0.717) is 18.5 Å². The van der Waals surface area contributed by atoms with E-state index in [1.165, 1.54) is 0 Å². The van der Waals surface area contributed by atoms with Crippen LogP contribution in [-0.2, 0) is 15.1 Å². The van der Waals surface area contributed by atoms with Crippen LogP contribution in [0, 0.1) is 0 Å². The zero-order chi connectivity index (χ0) is 17.5. The number of hydrogen-bond acceptors (Lipinski definition) is 5. The van der Waals surface area contributed by atoms with Gasteiger partial charge >= 0.3 is 0 Å². The Kier molecular flexibility index (Phi) is 5.39. The van der Waals surface area contributed by atoms with E-state index in [0.717, 1.165) is 13.1 Å². The fraction of sp³-hybridized carbons (Fsp3) is 0.412. The van der Waals surface area contributed by atoms with Crippen molar-refractivity contribution < 1.29 is 9.59 Å². The second-order valence-corrected chi connectivity index (χ2v) is 6.02. The lowest BCUT2D eigenvalue weighted by Crippen LogP contribution is -2.54. The van der Waals surface area contributed by atoms with Crippen molar-refractivity contribution in [3.05, 3.63) is 43.0 Å². The van der Waals surface area contributed by atoms with Gasteiger partial charge in [0.25, 0.3) is 0 Å². The van der Waals surface area contributed by atoms with E-state index >= 15 is 0 Å². The third-order valence-corrected chi connectivity index (χ3v) is 4.40. The normalized spacial score (nSPS) is 16.2. The number of aromatic nitrogens is 3. The Hall–Kier alpha value is -2.74. The van der Waals surface area contributed by atoms with Gasteiger partial charge in [0.1, 0.15) is 5.54 Å². The van der Waals surface area contributed by atoms with Crippen LogP contribution in [0.3, 0.4) is 0 Å².